The Hall–Kier alpha value is -2.89. The number of para-hydroxylation sites is 2. The molecule has 0 spiro atoms. The van der Waals surface area contributed by atoms with Crippen molar-refractivity contribution in [3.05, 3.63) is 54.1 Å². The van der Waals surface area contributed by atoms with E-state index in [0.29, 0.717) is 17.6 Å². The van der Waals surface area contributed by atoms with Crippen molar-refractivity contribution in [2.24, 2.45) is 0 Å². The second-order valence-electron chi connectivity index (χ2n) is 6.34. The van der Waals surface area contributed by atoms with Gasteiger partial charge in [0.25, 0.3) is 5.91 Å². The van der Waals surface area contributed by atoms with Crippen molar-refractivity contribution in [2.75, 3.05) is 24.5 Å². The first-order valence-electron chi connectivity index (χ1n) is 8.68. The van der Waals surface area contributed by atoms with E-state index in [4.69, 9.17) is 0 Å². The van der Waals surface area contributed by atoms with E-state index in [1.54, 1.807) is 0 Å². The van der Waals surface area contributed by atoms with Crippen LogP contribution in [-0.4, -0.2) is 51.9 Å². The molecular weight excluding hydrogens is 314 g/mol. The molecule has 25 heavy (non-hydrogen) atoms. The lowest BCUT2D eigenvalue weighted by molar-refractivity contribution is 0.0653. The minimum absolute atomic E-state index is 0.0408. The zero-order valence-electron chi connectivity index (χ0n) is 14.2. The molecule has 0 bridgehead atoms. The van der Waals surface area contributed by atoms with Crippen LogP contribution in [0.2, 0.25) is 0 Å². The summed E-state index contributed by atoms with van der Waals surface area (Å²) >= 11 is 0. The second-order valence-corrected chi connectivity index (χ2v) is 6.34. The lowest BCUT2D eigenvalue weighted by atomic mass is 10.1. The molecule has 2 heterocycles. The van der Waals surface area contributed by atoms with Crippen molar-refractivity contribution in [3.63, 3.8) is 0 Å². The van der Waals surface area contributed by atoms with Crippen LogP contribution in [0.3, 0.4) is 0 Å². The van der Waals surface area contributed by atoms with Gasteiger partial charge in [-0.05, 0) is 30.7 Å². The molecule has 1 fully saturated rings. The number of hydrogen-bond donors (Lipinski definition) is 1. The van der Waals surface area contributed by atoms with Crippen molar-refractivity contribution < 1.29 is 4.79 Å². The Morgan fingerprint density at radius 3 is 2.76 bits per heavy atom. The maximum Gasteiger partial charge on any atom is 0.256 e. The van der Waals surface area contributed by atoms with E-state index < -0.39 is 0 Å². The first-order chi connectivity index (χ1) is 12.3. The molecule has 2 aromatic carbocycles. The standard InChI is InChI=1S/C19H21N5O/c1-2-14-13-23(15-7-4-3-5-8-15)11-12-24(14)19(25)16-9-6-10-17-18(16)21-22-20-17/h3-10,14H,2,11-13H2,1H3,(H,20,21,22). The van der Waals surface area contributed by atoms with Gasteiger partial charge in [0, 0.05) is 31.4 Å². The Bertz CT molecular complexity index is 876. The molecular formula is C19H21N5O. The molecule has 0 saturated carbocycles. The van der Waals surface area contributed by atoms with Crippen LogP contribution in [0.4, 0.5) is 5.69 Å². The highest BCUT2D eigenvalue weighted by Gasteiger charge is 2.31. The van der Waals surface area contributed by atoms with E-state index >= 15 is 0 Å². The number of amides is 1. The molecule has 0 radical (unpaired) electrons. The second kappa shape index (κ2) is 6.55. The quantitative estimate of drug-likeness (QED) is 0.799. The van der Waals surface area contributed by atoms with E-state index in [1.165, 1.54) is 5.69 Å². The highest BCUT2D eigenvalue weighted by Crippen LogP contribution is 2.23. The fourth-order valence-electron chi connectivity index (χ4n) is 3.54. The number of fused-ring (bicyclic) bond motifs is 1. The Labute approximate surface area is 146 Å². The van der Waals surface area contributed by atoms with Crippen LogP contribution in [0.25, 0.3) is 11.0 Å². The van der Waals surface area contributed by atoms with Crippen LogP contribution in [0.15, 0.2) is 48.5 Å². The summed E-state index contributed by atoms with van der Waals surface area (Å²) in [5.41, 5.74) is 3.21. The predicted octanol–water partition coefficient (Wildman–Crippen LogP) is 2.70. The van der Waals surface area contributed by atoms with Crippen molar-refractivity contribution in [3.8, 4) is 0 Å². The lowest BCUT2D eigenvalue weighted by Crippen LogP contribution is -2.55. The number of piperazine rings is 1. The average molecular weight is 335 g/mol. The molecule has 1 atom stereocenters. The van der Waals surface area contributed by atoms with E-state index in [0.717, 1.165) is 25.0 Å². The Kier molecular flexibility index (Phi) is 4.09. The van der Waals surface area contributed by atoms with Crippen molar-refractivity contribution >= 4 is 22.6 Å². The zero-order valence-corrected chi connectivity index (χ0v) is 14.2. The van der Waals surface area contributed by atoms with Gasteiger partial charge in [-0.1, -0.05) is 31.2 Å². The number of H-pyrrole nitrogens is 1. The summed E-state index contributed by atoms with van der Waals surface area (Å²) in [6.45, 7) is 4.53. The highest BCUT2D eigenvalue weighted by molar-refractivity contribution is 6.04. The normalized spacial score (nSPS) is 17.9. The summed E-state index contributed by atoms with van der Waals surface area (Å²) in [5, 5.41) is 10.8. The number of nitrogens with zero attached hydrogens (tertiary/aromatic N) is 4. The number of nitrogens with one attached hydrogen (secondary N) is 1. The van der Waals surface area contributed by atoms with Crippen molar-refractivity contribution in [2.45, 2.75) is 19.4 Å². The molecule has 1 saturated heterocycles. The van der Waals surface area contributed by atoms with Gasteiger partial charge in [0.05, 0.1) is 5.56 Å². The molecule has 1 unspecified atom stereocenters. The van der Waals surface area contributed by atoms with Gasteiger partial charge in [-0.2, -0.15) is 15.4 Å². The van der Waals surface area contributed by atoms with Crippen LogP contribution in [0, 0.1) is 0 Å². The molecule has 6 heteroatoms. The minimum Gasteiger partial charge on any atom is -0.368 e. The molecule has 0 aliphatic carbocycles. The molecule has 4 rings (SSSR count). The molecule has 1 N–H and O–H groups in total. The first kappa shape index (κ1) is 15.6. The summed E-state index contributed by atoms with van der Waals surface area (Å²) in [5.74, 6) is 0.0408. The van der Waals surface area contributed by atoms with Crippen molar-refractivity contribution in [1.82, 2.24) is 20.3 Å². The molecule has 3 aromatic rings. The van der Waals surface area contributed by atoms with Gasteiger partial charge in [-0.25, -0.2) is 0 Å². The number of aromatic nitrogens is 3. The molecule has 1 aliphatic rings. The summed E-state index contributed by atoms with van der Waals surface area (Å²) in [4.78, 5) is 17.5. The van der Waals surface area contributed by atoms with Gasteiger partial charge < -0.3 is 9.80 Å². The molecule has 6 nitrogen and oxygen atoms in total. The largest absolute Gasteiger partial charge is 0.368 e. The number of benzene rings is 2. The van der Waals surface area contributed by atoms with E-state index in [2.05, 4.69) is 51.5 Å². The number of anilines is 1. The maximum atomic E-state index is 13.1. The number of carbonyl (C=O) groups is 1. The van der Waals surface area contributed by atoms with E-state index in [9.17, 15) is 4.79 Å². The molecule has 1 aliphatic heterocycles. The average Bonchev–Trinajstić information content (AvgIpc) is 3.16. The van der Waals surface area contributed by atoms with Gasteiger partial charge in [0.2, 0.25) is 0 Å². The third kappa shape index (κ3) is 2.84. The minimum atomic E-state index is 0.0408. The monoisotopic (exact) mass is 335 g/mol. The summed E-state index contributed by atoms with van der Waals surface area (Å²) in [6, 6.07) is 16.1. The van der Waals surface area contributed by atoms with Crippen LogP contribution in [0.5, 0.6) is 0 Å². The fourth-order valence-corrected chi connectivity index (χ4v) is 3.54. The maximum absolute atomic E-state index is 13.1. The van der Waals surface area contributed by atoms with Gasteiger partial charge in [0.1, 0.15) is 11.0 Å². The number of rotatable bonds is 3. The predicted molar refractivity (Wildman–Crippen MR) is 97.7 cm³/mol. The van der Waals surface area contributed by atoms with E-state index in [-0.39, 0.29) is 11.9 Å². The van der Waals surface area contributed by atoms with Gasteiger partial charge in [0.15, 0.2) is 0 Å². The third-order valence-corrected chi connectivity index (χ3v) is 4.91. The molecule has 1 amide bonds. The summed E-state index contributed by atoms with van der Waals surface area (Å²) in [7, 11) is 0. The SMILES string of the molecule is CCC1CN(c2ccccc2)CCN1C(=O)c1cccc2n[nH]nc12. The molecule has 128 valence electrons. The smallest absolute Gasteiger partial charge is 0.256 e. The van der Waals surface area contributed by atoms with Gasteiger partial charge >= 0.3 is 0 Å². The summed E-state index contributed by atoms with van der Waals surface area (Å²) in [6.07, 6.45) is 0.921. The number of carbonyl (C=O) groups excluding carboxylic acids is 1. The van der Waals surface area contributed by atoms with Gasteiger partial charge in [-0.3, -0.25) is 4.79 Å². The lowest BCUT2D eigenvalue weighted by Gasteiger charge is -2.42. The zero-order chi connectivity index (χ0) is 17.2. The topological polar surface area (TPSA) is 65.1 Å². The van der Waals surface area contributed by atoms with Crippen LogP contribution in [0.1, 0.15) is 23.7 Å². The van der Waals surface area contributed by atoms with Crippen LogP contribution < -0.4 is 4.90 Å². The summed E-state index contributed by atoms with van der Waals surface area (Å²) < 4.78 is 0. The van der Waals surface area contributed by atoms with Crippen LogP contribution in [-0.2, 0) is 0 Å². The van der Waals surface area contributed by atoms with Crippen LogP contribution >= 0.6 is 0 Å². The Morgan fingerprint density at radius 2 is 1.96 bits per heavy atom. The van der Waals surface area contributed by atoms with Gasteiger partial charge in [-0.15, -0.1) is 0 Å². The molecule has 1 aromatic heterocycles. The third-order valence-electron chi connectivity index (χ3n) is 4.91. The number of hydrogen-bond acceptors (Lipinski definition) is 4. The fraction of sp³-hybridized carbons (Fsp3) is 0.316. The first-order valence-corrected chi connectivity index (χ1v) is 8.68. The van der Waals surface area contributed by atoms with E-state index in [1.807, 2.05) is 29.2 Å². The highest BCUT2D eigenvalue weighted by atomic mass is 16.2. The Balaban J connectivity index is 1.58. The van der Waals surface area contributed by atoms with Crippen molar-refractivity contribution in [1.29, 1.82) is 0 Å². The Morgan fingerprint density at radius 1 is 1.12 bits per heavy atom. The number of aromatic amines is 1.